The quantitative estimate of drug-likeness (QED) is 0.830. The number of amidine groups is 1. The summed E-state index contributed by atoms with van der Waals surface area (Å²) < 4.78 is 19.5. The largest absolute Gasteiger partial charge is 0.497 e. The van der Waals surface area contributed by atoms with Crippen molar-refractivity contribution in [2.45, 2.75) is 19.0 Å². The van der Waals surface area contributed by atoms with Crippen molar-refractivity contribution in [1.82, 2.24) is 10.2 Å². The molecule has 1 atom stereocenters. The summed E-state index contributed by atoms with van der Waals surface area (Å²) in [6, 6.07) is 12.6. The summed E-state index contributed by atoms with van der Waals surface area (Å²) in [5, 5.41) is 2.75. The first-order valence-electron chi connectivity index (χ1n) is 9.42. The lowest BCUT2D eigenvalue weighted by molar-refractivity contribution is -0.130. The van der Waals surface area contributed by atoms with Crippen molar-refractivity contribution in [3.63, 3.8) is 0 Å². The van der Waals surface area contributed by atoms with Crippen LogP contribution in [0, 0.1) is 5.82 Å². The monoisotopic (exact) mass is 405 g/mol. The number of hydrogen-bond acceptors (Lipinski definition) is 4. The average molecular weight is 405 g/mol. The predicted molar refractivity (Wildman–Crippen MR) is 110 cm³/mol. The standard InChI is InChI=1S/C23H20FN3O3/c1-15-11-12-27-20(13-15)25-23(22(27)29,14-17-5-3-4-6-19(17)24)26-21(28)16-7-9-18(30-2)10-8-16/h3-13H,14H2,1-2H3,(H,26,28). The average Bonchev–Trinajstić information content (AvgIpc) is 3.00. The molecule has 7 heteroatoms. The van der Waals surface area contributed by atoms with Crippen LogP contribution in [0.25, 0.3) is 0 Å². The number of methoxy groups -OCH3 is 1. The lowest BCUT2D eigenvalue weighted by Crippen LogP contribution is -2.55. The fourth-order valence-electron chi connectivity index (χ4n) is 3.45. The second-order valence-electron chi connectivity index (χ2n) is 7.16. The van der Waals surface area contributed by atoms with Gasteiger partial charge in [0.1, 0.15) is 17.4 Å². The molecule has 0 saturated carbocycles. The summed E-state index contributed by atoms with van der Waals surface area (Å²) in [6.07, 6.45) is 5.03. The van der Waals surface area contributed by atoms with Crippen molar-refractivity contribution in [3.05, 3.63) is 89.4 Å². The summed E-state index contributed by atoms with van der Waals surface area (Å²) in [5.74, 6) is -0.381. The van der Waals surface area contributed by atoms with Gasteiger partial charge in [0.05, 0.1) is 7.11 Å². The molecule has 2 aliphatic rings. The number of fused-ring (bicyclic) bond motifs is 1. The molecule has 0 bridgehead atoms. The van der Waals surface area contributed by atoms with E-state index in [1.54, 1.807) is 60.8 Å². The zero-order chi connectivity index (χ0) is 21.3. The Kier molecular flexibility index (Phi) is 4.95. The first-order valence-corrected chi connectivity index (χ1v) is 9.42. The molecule has 0 fully saturated rings. The highest BCUT2D eigenvalue weighted by Gasteiger charge is 2.49. The Bertz CT molecular complexity index is 1100. The highest BCUT2D eigenvalue weighted by molar-refractivity contribution is 6.15. The third kappa shape index (κ3) is 3.50. The van der Waals surface area contributed by atoms with Crippen molar-refractivity contribution in [2.24, 2.45) is 4.99 Å². The zero-order valence-electron chi connectivity index (χ0n) is 16.6. The molecule has 4 rings (SSSR count). The van der Waals surface area contributed by atoms with Crippen LogP contribution in [0.3, 0.4) is 0 Å². The summed E-state index contributed by atoms with van der Waals surface area (Å²) in [4.78, 5) is 32.2. The minimum absolute atomic E-state index is 0.110. The third-order valence-electron chi connectivity index (χ3n) is 5.04. The predicted octanol–water partition coefficient (Wildman–Crippen LogP) is 3.22. The number of rotatable bonds is 5. The minimum atomic E-state index is -1.65. The molecule has 2 aromatic carbocycles. The molecule has 6 nitrogen and oxygen atoms in total. The van der Waals surface area contributed by atoms with Gasteiger partial charge in [-0.3, -0.25) is 14.5 Å². The maximum atomic E-state index is 14.4. The fraction of sp³-hybridized carbons (Fsp3) is 0.174. The molecule has 0 radical (unpaired) electrons. The number of amides is 2. The lowest BCUT2D eigenvalue weighted by Gasteiger charge is -2.27. The second kappa shape index (κ2) is 7.59. The van der Waals surface area contributed by atoms with E-state index >= 15 is 0 Å². The van der Waals surface area contributed by atoms with Crippen molar-refractivity contribution in [3.8, 4) is 5.75 Å². The molecule has 2 aromatic rings. The van der Waals surface area contributed by atoms with Crippen LogP contribution in [0.4, 0.5) is 4.39 Å². The Labute approximate surface area is 173 Å². The second-order valence-corrected chi connectivity index (χ2v) is 7.16. The molecule has 0 saturated heterocycles. The first-order chi connectivity index (χ1) is 14.4. The first kappa shape index (κ1) is 19.6. The van der Waals surface area contributed by atoms with E-state index in [-0.39, 0.29) is 12.0 Å². The van der Waals surface area contributed by atoms with Gasteiger partial charge >= 0.3 is 0 Å². The van der Waals surface area contributed by atoms with Crippen LogP contribution in [-0.4, -0.2) is 35.3 Å². The van der Waals surface area contributed by atoms with Crippen LogP contribution in [0.5, 0.6) is 5.75 Å². The van der Waals surface area contributed by atoms with Crippen LogP contribution < -0.4 is 10.1 Å². The van der Waals surface area contributed by atoms with Gasteiger partial charge in [0.15, 0.2) is 0 Å². The number of benzene rings is 2. The van der Waals surface area contributed by atoms with E-state index in [1.165, 1.54) is 18.1 Å². The van der Waals surface area contributed by atoms with E-state index in [9.17, 15) is 14.0 Å². The maximum Gasteiger partial charge on any atom is 0.281 e. The van der Waals surface area contributed by atoms with E-state index in [0.717, 1.165) is 5.57 Å². The molecular weight excluding hydrogens is 385 g/mol. The van der Waals surface area contributed by atoms with Gasteiger partial charge in [-0.15, -0.1) is 0 Å². The number of ether oxygens (including phenoxy) is 1. The number of nitrogens with zero attached hydrogens (tertiary/aromatic N) is 2. The third-order valence-corrected chi connectivity index (χ3v) is 5.04. The van der Waals surface area contributed by atoms with Gasteiger partial charge in [-0.25, -0.2) is 9.38 Å². The lowest BCUT2D eigenvalue weighted by atomic mass is 9.98. The number of halogens is 1. The van der Waals surface area contributed by atoms with E-state index < -0.39 is 23.3 Å². The molecule has 1 N–H and O–H groups in total. The van der Waals surface area contributed by atoms with E-state index in [1.807, 2.05) is 6.92 Å². The zero-order valence-corrected chi connectivity index (χ0v) is 16.6. The smallest absolute Gasteiger partial charge is 0.281 e. The normalized spacial score (nSPS) is 19.8. The SMILES string of the molecule is COc1ccc(C(=O)NC2(Cc3ccccc3F)N=C3C=C(C)C=CN3C2=O)cc1. The van der Waals surface area contributed by atoms with E-state index in [2.05, 4.69) is 10.3 Å². The maximum absolute atomic E-state index is 14.4. The van der Waals surface area contributed by atoms with Gasteiger partial charge in [-0.2, -0.15) is 0 Å². The Hall–Kier alpha value is -3.74. The molecule has 0 aromatic heterocycles. The Morgan fingerprint density at radius 3 is 2.63 bits per heavy atom. The molecule has 2 heterocycles. The van der Waals surface area contributed by atoms with Crippen LogP contribution in [0.15, 0.2) is 77.4 Å². The Morgan fingerprint density at radius 2 is 1.93 bits per heavy atom. The van der Waals surface area contributed by atoms with Crippen LogP contribution in [0.1, 0.15) is 22.8 Å². The van der Waals surface area contributed by atoms with Gasteiger partial charge in [0.2, 0.25) is 5.66 Å². The Balaban J connectivity index is 1.73. The molecular formula is C23H20FN3O3. The number of allylic oxidation sites excluding steroid dienone is 2. The molecule has 2 amide bonds. The van der Waals surface area contributed by atoms with Crippen molar-refractivity contribution in [2.75, 3.05) is 7.11 Å². The number of carbonyl (C=O) groups is 2. The number of hydrogen-bond donors (Lipinski definition) is 1. The highest BCUT2D eigenvalue weighted by Crippen LogP contribution is 2.29. The molecule has 0 aliphatic carbocycles. The van der Waals surface area contributed by atoms with Crippen molar-refractivity contribution in [1.29, 1.82) is 0 Å². The number of carbonyl (C=O) groups excluding carboxylic acids is 2. The molecule has 152 valence electrons. The van der Waals surface area contributed by atoms with Crippen molar-refractivity contribution < 1.29 is 18.7 Å². The van der Waals surface area contributed by atoms with Crippen molar-refractivity contribution >= 4 is 17.6 Å². The molecule has 30 heavy (non-hydrogen) atoms. The minimum Gasteiger partial charge on any atom is -0.497 e. The van der Waals surface area contributed by atoms with Crippen LogP contribution in [-0.2, 0) is 11.2 Å². The number of nitrogens with one attached hydrogen (secondary N) is 1. The fourth-order valence-corrected chi connectivity index (χ4v) is 3.45. The highest BCUT2D eigenvalue weighted by atomic mass is 19.1. The van der Waals surface area contributed by atoms with Gasteiger partial charge in [-0.1, -0.05) is 18.2 Å². The van der Waals surface area contributed by atoms with E-state index in [4.69, 9.17) is 4.74 Å². The Morgan fingerprint density at radius 1 is 1.20 bits per heavy atom. The molecule has 2 aliphatic heterocycles. The van der Waals surface area contributed by atoms with Gasteiger partial charge in [-0.05, 0) is 60.5 Å². The van der Waals surface area contributed by atoms with Crippen LogP contribution in [0.2, 0.25) is 0 Å². The molecule has 0 spiro atoms. The summed E-state index contributed by atoms with van der Waals surface area (Å²) >= 11 is 0. The van der Waals surface area contributed by atoms with Gasteiger partial charge in [0.25, 0.3) is 11.8 Å². The number of aliphatic imine (C=N–C) groups is 1. The summed E-state index contributed by atoms with van der Waals surface area (Å²) in [7, 11) is 1.53. The topological polar surface area (TPSA) is 71.0 Å². The van der Waals surface area contributed by atoms with Crippen LogP contribution >= 0.6 is 0 Å². The van der Waals surface area contributed by atoms with Gasteiger partial charge in [0, 0.05) is 18.2 Å². The summed E-state index contributed by atoms with van der Waals surface area (Å²) in [5.41, 5.74) is -0.112. The molecule has 1 unspecified atom stereocenters. The summed E-state index contributed by atoms with van der Waals surface area (Å²) in [6.45, 7) is 1.88. The van der Waals surface area contributed by atoms with E-state index in [0.29, 0.717) is 17.1 Å². The van der Waals surface area contributed by atoms with Gasteiger partial charge < -0.3 is 10.1 Å².